The Bertz CT molecular complexity index is 429. The van der Waals surface area contributed by atoms with Gasteiger partial charge in [-0.05, 0) is 44.4 Å². The van der Waals surface area contributed by atoms with Gasteiger partial charge in [-0.15, -0.1) is 0 Å². The highest BCUT2D eigenvalue weighted by Crippen LogP contribution is 2.18. The van der Waals surface area contributed by atoms with E-state index in [2.05, 4.69) is 24.9 Å². The van der Waals surface area contributed by atoms with E-state index < -0.39 is 0 Å². The molecular weight excluding hydrogens is 230 g/mol. The molecule has 0 spiro atoms. The molecule has 0 saturated heterocycles. The highest BCUT2D eigenvalue weighted by atomic mass is 32.2. The van der Waals surface area contributed by atoms with Crippen molar-refractivity contribution in [2.75, 3.05) is 18.2 Å². The maximum atomic E-state index is 8.75. The maximum Gasteiger partial charge on any atom is 0.163 e. The number of aliphatic imine (C=N–C) groups is 1. The Hall–Kier alpha value is -1.47. The summed E-state index contributed by atoms with van der Waals surface area (Å²) >= 11 is 1.62. The molecule has 0 unspecified atom stereocenters. The van der Waals surface area contributed by atoms with Crippen LogP contribution in [0.25, 0.3) is 0 Å². The van der Waals surface area contributed by atoms with Crippen LogP contribution in [0.15, 0.2) is 29.3 Å². The van der Waals surface area contributed by atoms with Gasteiger partial charge in [0.2, 0.25) is 0 Å². The SMILES string of the molecule is CSC(=NC(C)C)N(C)c1ccc(C#N)cc1. The number of amidine groups is 1. The van der Waals surface area contributed by atoms with Crippen LogP contribution in [0.5, 0.6) is 0 Å². The van der Waals surface area contributed by atoms with E-state index in [4.69, 9.17) is 5.26 Å². The quantitative estimate of drug-likeness (QED) is 0.595. The molecule has 0 fully saturated rings. The van der Waals surface area contributed by atoms with Gasteiger partial charge in [-0.3, -0.25) is 4.99 Å². The fourth-order valence-corrected chi connectivity index (χ4v) is 2.06. The third kappa shape index (κ3) is 3.79. The fraction of sp³-hybridized carbons (Fsp3) is 0.385. The Morgan fingerprint density at radius 1 is 1.35 bits per heavy atom. The molecule has 0 atom stereocenters. The second-order valence-electron chi connectivity index (χ2n) is 3.93. The van der Waals surface area contributed by atoms with E-state index in [0.717, 1.165) is 10.9 Å². The van der Waals surface area contributed by atoms with Crippen molar-refractivity contribution in [3.05, 3.63) is 29.8 Å². The topological polar surface area (TPSA) is 39.4 Å². The zero-order chi connectivity index (χ0) is 12.8. The average molecular weight is 247 g/mol. The molecule has 4 heteroatoms. The van der Waals surface area contributed by atoms with Gasteiger partial charge in [0.25, 0.3) is 0 Å². The molecule has 1 aromatic carbocycles. The lowest BCUT2D eigenvalue weighted by molar-refractivity contribution is 0.835. The maximum absolute atomic E-state index is 8.75. The first kappa shape index (κ1) is 13.6. The van der Waals surface area contributed by atoms with E-state index >= 15 is 0 Å². The molecule has 0 amide bonds. The van der Waals surface area contributed by atoms with Gasteiger partial charge in [-0.25, -0.2) is 0 Å². The summed E-state index contributed by atoms with van der Waals surface area (Å²) in [6.07, 6.45) is 2.02. The molecule has 0 aliphatic carbocycles. The van der Waals surface area contributed by atoms with Crippen molar-refractivity contribution >= 4 is 22.6 Å². The summed E-state index contributed by atoms with van der Waals surface area (Å²) in [4.78, 5) is 6.59. The monoisotopic (exact) mass is 247 g/mol. The van der Waals surface area contributed by atoms with E-state index in [1.54, 1.807) is 11.8 Å². The second kappa shape index (κ2) is 6.31. The average Bonchev–Trinajstić information content (AvgIpc) is 2.35. The molecule has 17 heavy (non-hydrogen) atoms. The third-order valence-corrected chi connectivity index (χ3v) is 2.97. The number of hydrogen-bond donors (Lipinski definition) is 0. The molecule has 0 aromatic heterocycles. The van der Waals surface area contributed by atoms with Gasteiger partial charge in [-0.2, -0.15) is 5.26 Å². The minimum atomic E-state index is 0.276. The van der Waals surface area contributed by atoms with E-state index in [-0.39, 0.29) is 6.04 Å². The van der Waals surface area contributed by atoms with Crippen molar-refractivity contribution in [1.29, 1.82) is 5.26 Å². The normalized spacial score (nSPS) is 11.4. The number of benzene rings is 1. The second-order valence-corrected chi connectivity index (χ2v) is 4.70. The Labute approximate surface area is 107 Å². The predicted molar refractivity (Wildman–Crippen MR) is 75.6 cm³/mol. The number of anilines is 1. The highest BCUT2D eigenvalue weighted by molar-refractivity contribution is 8.13. The largest absolute Gasteiger partial charge is 0.324 e. The van der Waals surface area contributed by atoms with Crippen LogP contribution in [0.1, 0.15) is 19.4 Å². The number of rotatable bonds is 2. The minimum Gasteiger partial charge on any atom is -0.324 e. The lowest BCUT2D eigenvalue weighted by Crippen LogP contribution is -2.24. The molecule has 0 aliphatic heterocycles. The summed E-state index contributed by atoms with van der Waals surface area (Å²) in [5.74, 6) is 0. The van der Waals surface area contributed by atoms with Crippen LogP contribution < -0.4 is 4.90 Å². The van der Waals surface area contributed by atoms with Gasteiger partial charge in [-0.1, -0.05) is 11.8 Å². The van der Waals surface area contributed by atoms with Gasteiger partial charge in [0.1, 0.15) is 0 Å². The summed E-state index contributed by atoms with van der Waals surface area (Å²) in [6.45, 7) is 4.12. The summed E-state index contributed by atoms with van der Waals surface area (Å²) in [5, 5.41) is 9.73. The van der Waals surface area contributed by atoms with Gasteiger partial charge < -0.3 is 4.90 Å². The summed E-state index contributed by atoms with van der Waals surface area (Å²) in [5.41, 5.74) is 1.71. The lowest BCUT2D eigenvalue weighted by atomic mass is 10.2. The molecule has 0 saturated carbocycles. The number of nitriles is 1. The van der Waals surface area contributed by atoms with Crippen molar-refractivity contribution in [3.63, 3.8) is 0 Å². The van der Waals surface area contributed by atoms with Crippen molar-refractivity contribution in [3.8, 4) is 6.07 Å². The van der Waals surface area contributed by atoms with Crippen molar-refractivity contribution < 1.29 is 0 Å². The molecule has 0 aliphatic rings. The molecule has 0 heterocycles. The first-order valence-electron chi connectivity index (χ1n) is 5.44. The Kier molecular flexibility index (Phi) is 5.05. The summed E-state index contributed by atoms with van der Waals surface area (Å²) < 4.78 is 0. The van der Waals surface area contributed by atoms with Crippen LogP contribution in [0.3, 0.4) is 0 Å². The molecule has 0 radical (unpaired) electrons. The van der Waals surface area contributed by atoms with E-state index in [9.17, 15) is 0 Å². The Morgan fingerprint density at radius 2 is 1.94 bits per heavy atom. The van der Waals surface area contributed by atoms with Gasteiger partial charge in [0.15, 0.2) is 5.17 Å². The Morgan fingerprint density at radius 3 is 2.35 bits per heavy atom. The smallest absolute Gasteiger partial charge is 0.163 e. The zero-order valence-electron chi connectivity index (χ0n) is 10.6. The number of nitrogens with zero attached hydrogens (tertiary/aromatic N) is 3. The first-order chi connectivity index (χ1) is 8.08. The predicted octanol–water partition coefficient (Wildman–Crippen LogP) is 3.12. The van der Waals surface area contributed by atoms with Crippen LogP contribution >= 0.6 is 11.8 Å². The van der Waals surface area contributed by atoms with Crippen LogP contribution in [0.2, 0.25) is 0 Å². The standard InChI is InChI=1S/C13H17N3S/c1-10(2)15-13(17-4)16(3)12-7-5-11(9-14)6-8-12/h5-8,10H,1-4H3. The van der Waals surface area contributed by atoms with Crippen LogP contribution in [0, 0.1) is 11.3 Å². The van der Waals surface area contributed by atoms with Gasteiger partial charge >= 0.3 is 0 Å². The molecule has 1 rings (SSSR count). The highest BCUT2D eigenvalue weighted by Gasteiger charge is 2.08. The van der Waals surface area contributed by atoms with Crippen molar-refractivity contribution in [2.45, 2.75) is 19.9 Å². The lowest BCUT2D eigenvalue weighted by Gasteiger charge is -2.20. The first-order valence-corrected chi connectivity index (χ1v) is 6.66. The van der Waals surface area contributed by atoms with Crippen LogP contribution in [-0.4, -0.2) is 24.5 Å². The molecule has 3 nitrogen and oxygen atoms in total. The van der Waals surface area contributed by atoms with Gasteiger partial charge in [0.05, 0.1) is 11.6 Å². The summed E-state index contributed by atoms with van der Waals surface area (Å²) in [7, 11) is 1.99. The molecular formula is C13H17N3S. The zero-order valence-corrected chi connectivity index (χ0v) is 11.5. The van der Waals surface area contributed by atoms with Crippen molar-refractivity contribution in [2.24, 2.45) is 4.99 Å². The third-order valence-electron chi connectivity index (χ3n) is 2.22. The number of hydrogen-bond acceptors (Lipinski definition) is 3. The van der Waals surface area contributed by atoms with Gasteiger partial charge in [0, 0.05) is 18.8 Å². The van der Waals surface area contributed by atoms with Crippen molar-refractivity contribution in [1.82, 2.24) is 0 Å². The van der Waals surface area contributed by atoms with E-state index in [1.165, 1.54) is 0 Å². The minimum absolute atomic E-state index is 0.276. The molecule has 0 N–H and O–H groups in total. The molecule has 1 aromatic rings. The fourth-order valence-electron chi connectivity index (χ4n) is 1.37. The van der Waals surface area contributed by atoms with E-state index in [0.29, 0.717) is 5.56 Å². The molecule has 90 valence electrons. The van der Waals surface area contributed by atoms with Crippen LogP contribution in [-0.2, 0) is 0 Å². The van der Waals surface area contributed by atoms with E-state index in [1.807, 2.05) is 42.5 Å². The molecule has 0 bridgehead atoms. The summed E-state index contributed by atoms with van der Waals surface area (Å²) in [6, 6.07) is 9.90. The number of thioether (sulfide) groups is 1. The van der Waals surface area contributed by atoms with Crippen LogP contribution in [0.4, 0.5) is 5.69 Å². The Balaban J connectivity index is 2.94.